The van der Waals surface area contributed by atoms with Crippen molar-refractivity contribution in [3.05, 3.63) is 39.9 Å². The van der Waals surface area contributed by atoms with Crippen LogP contribution in [0.3, 0.4) is 0 Å². The van der Waals surface area contributed by atoms with E-state index in [2.05, 4.69) is 4.90 Å². The smallest absolute Gasteiger partial charge is 0.269 e. The van der Waals surface area contributed by atoms with Crippen LogP contribution in [0.4, 0.5) is 5.69 Å². The highest BCUT2D eigenvalue weighted by Crippen LogP contribution is 2.13. The van der Waals surface area contributed by atoms with Crippen molar-refractivity contribution in [1.29, 1.82) is 0 Å². The lowest BCUT2D eigenvalue weighted by atomic mass is 10.1. The van der Waals surface area contributed by atoms with Crippen LogP contribution >= 0.6 is 0 Å². The monoisotopic (exact) mass is 314 g/mol. The third-order valence-corrected chi connectivity index (χ3v) is 4.50. The number of likely N-dealkylation sites (N-methyl/N-ethyl adjacent to an activating group) is 1. The topological polar surface area (TPSA) is 80.5 Å². The number of nitro groups is 1. The van der Waals surface area contributed by atoms with Gasteiger partial charge in [-0.15, -0.1) is 0 Å². The summed E-state index contributed by atoms with van der Waals surface area (Å²) in [6.45, 7) is 5.39. The van der Waals surface area contributed by atoms with Gasteiger partial charge in [-0.3, -0.25) is 15.0 Å². The number of rotatable bonds is 8. The lowest BCUT2D eigenvalue weighted by Crippen LogP contribution is -2.39. The van der Waals surface area contributed by atoms with Crippen molar-refractivity contribution in [2.24, 2.45) is 0 Å². The normalized spacial score (nSPS) is 13.3. The van der Waals surface area contributed by atoms with Crippen LogP contribution < -0.4 is 0 Å². The molecule has 6 nitrogen and oxygen atoms in total. The number of sulfone groups is 1. The molecular formula is C14H22N2O4S. The Kier molecular flexibility index (Phi) is 6.29. The number of hydrogen-bond acceptors (Lipinski definition) is 5. The highest BCUT2D eigenvalue weighted by molar-refractivity contribution is 7.90. The molecule has 0 fully saturated rings. The molecule has 0 aromatic heterocycles. The predicted octanol–water partition coefficient (Wildman–Crippen LogP) is 1.89. The molecule has 0 N–H and O–H groups in total. The Morgan fingerprint density at radius 1 is 1.29 bits per heavy atom. The standard InChI is InChI=1S/C14H22N2O4S/c1-4-15(12(2)11-21(3,19)20)10-9-13-5-7-14(8-6-13)16(17)18/h5-8,12H,4,9-11H2,1-3H3. The molecule has 0 radical (unpaired) electrons. The molecule has 0 spiro atoms. The van der Waals surface area contributed by atoms with Gasteiger partial charge in [0.15, 0.2) is 0 Å². The Bertz CT molecular complexity index is 569. The van der Waals surface area contributed by atoms with Crippen molar-refractivity contribution in [1.82, 2.24) is 4.90 Å². The van der Waals surface area contributed by atoms with E-state index in [0.29, 0.717) is 0 Å². The molecule has 0 aliphatic rings. The van der Waals surface area contributed by atoms with E-state index < -0.39 is 14.8 Å². The summed E-state index contributed by atoms with van der Waals surface area (Å²) in [6.07, 6.45) is 1.98. The Morgan fingerprint density at radius 2 is 1.86 bits per heavy atom. The van der Waals surface area contributed by atoms with Crippen LogP contribution in [0.1, 0.15) is 19.4 Å². The third kappa shape index (κ3) is 6.22. The molecule has 0 bridgehead atoms. The molecule has 1 rings (SSSR count). The van der Waals surface area contributed by atoms with Gasteiger partial charge in [0.05, 0.1) is 10.7 Å². The molecule has 7 heteroatoms. The van der Waals surface area contributed by atoms with Crippen LogP contribution in [0.2, 0.25) is 0 Å². The Hall–Kier alpha value is -1.47. The van der Waals surface area contributed by atoms with Crippen LogP contribution in [0.25, 0.3) is 0 Å². The summed E-state index contributed by atoms with van der Waals surface area (Å²) in [7, 11) is -2.99. The van der Waals surface area contributed by atoms with Crippen LogP contribution in [-0.2, 0) is 16.3 Å². The van der Waals surface area contributed by atoms with Gasteiger partial charge < -0.3 is 0 Å². The van der Waals surface area contributed by atoms with Gasteiger partial charge >= 0.3 is 0 Å². The largest absolute Gasteiger partial charge is 0.300 e. The molecule has 0 saturated heterocycles. The van der Waals surface area contributed by atoms with E-state index in [4.69, 9.17) is 0 Å². The Labute approximate surface area is 125 Å². The van der Waals surface area contributed by atoms with Crippen LogP contribution in [0.5, 0.6) is 0 Å². The van der Waals surface area contributed by atoms with E-state index in [9.17, 15) is 18.5 Å². The number of nitro benzene ring substituents is 1. The second-order valence-electron chi connectivity index (χ2n) is 5.24. The summed E-state index contributed by atoms with van der Waals surface area (Å²) in [5.74, 6) is 0.140. The fourth-order valence-corrected chi connectivity index (χ4v) is 3.38. The van der Waals surface area contributed by atoms with E-state index in [1.54, 1.807) is 12.1 Å². The average Bonchev–Trinajstić information content (AvgIpc) is 2.37. The van der Waals surface area contributed by atoms with Gasteiger partial charge in [0.25, 0.3) is 5.69 Å². The minimum Gasteiger partial charge on any atom is -0.300 e. The summed E-state index contributed by atoms with van der Waals surface area (Å²) in [5.41, 5.74) is 1.09. The first-order chi connectivity index (χ1) is 9.73. The van der Waals surface area contributed by atoms with Gasteiger partial charge in [0.2, 0.25) is 0 Å². The maximum absolute atomic E-state index is 11.3. The molecule has 1 aromatic carbocycles. The number of nitrogens with zero attached hydrogens (tertiary/aromatic N) is 2. The molecule has 0 aliphatic heterocycles. The number of benzene rings is 1. The van der Waals surface area contributed by atoms with Crippen LogP contribution in [-0.4, -0.2) is 49.4 Å². The molecule has 1 atom stereocenters. The molecule has 0 aliphatic carbocycles. The van der Waals surface area contributed by atoms with Gasteiger partial charge in [0.1, 0.15) is 9.84 Å². The van der Waals surface area contributed by atoms with Crippen molar-refractivity contribution >= 4 is 15.5 Å². The zero-order chi connectivity index (χ0) is 16.0. The molecular weight excluding hydrogens is 292 g/mol. The van der Waals surface area contributed by atoms with E-state index in [-0.39, 0.29) is 17.5 Å². The van der Waals surface area contributed by atoms with Gasteiger partial charge in [-0.2, -0.15) is 0 Å². The minimum absolute atomic E-state index is 0.0388. The molecule has 0 amide bonds. The van der Waals surface area contributed by atoms with Crippen molar-refractivity contribution in [3.63, 3.8) is 0 Å². The van der Waals surface area contributed by atoms with Crippen LogP contribution in [0.15, 0.2) is 24.3 Å². The Balaban J connectivity index is 2.60. The predicted molar refractivity (Wildman–Crippen MR) is 83.2 cm³/mol. The molecule has 1 unspecified atom stereocenters. The summed E-state index contributed by atoms with van der Waals surface area (Å²) >= 11 is 0. The lowest BCUT2D eigenvalue weighted by Gasteiger charge is -2.27. The number of non-ortho nitro benzene ring substituents is 1. The average molecular weight is 314 g/mol. The minimum atomic E-state index is -2.99. The van der Waals surface area contributed by atoms with Gasteiger partial charge in [-0.25, -0.2) is 8.42 Å². The summed E-state index contributed by atoms with van der Waals surface area (Å²) in [5, 5.41) is 10.6. The molecule has 1 aromatic rings. The van der Waals surface area contributed by atoms with Gasteiger partial charge in [-0.05, 0) is 25.5 Å². The molecule has 118 valence electrons. The van der Waals surface area contributed by atoms with Crippen LogP contribution in [0, 0.1) is 10.1 Å². The quantitative estimate of drug-likeness (QED) is 0.541. The fourth-order valence-electron chi connectivity index (χ4n) is 2.29. The van der Waals surface area contributed by atoms with Crippen molar-refractivity contribution in [2.45, 2.75) is 26.3 Å². The second-order valence-corrected chi connectivity index (χ2v) is 7.43. The summed E-state index contributed by atoms with van der Waals surface area (Å²) in [4.78, 5) is 12.3. The maximum atomic E-state index is 11.3. The second kappa shape index (κ2) is 7.51. The highest BCUT2D eigenvalue weighted by atomic mass is 32.2. The Morgan fingerprint density at radius 3 is 2.29 bits per heavy atom. The summed E-state index contributed by atoms with van der Waals surface area (Å²) in [6, 6.07) is 6.43. The zero-order valence-corrected chi connectivity index (χ0v) is 13.5. The molecule has 21 heavy (non-hydrogen) atoms. The molecule has 0 saturated carbocycles. The maximum Gasteiger partial charge on any atom is 0.269 e. The third-order valence-electron chi connectivity index (χ3n) is 3.41. The SMILES string of the molecule is CCN(CCc1ccc([N+](=O)[O-])cc1)C(C)CS(C)(=O)=O. The van der Waals surface area contributed by atoms with Crippen molar-refractivity contribution < 1.29 is 13.3 Å². The first kappa shape index (κ1) is 17.6. The lowest BCUT2D eigenvalue weighted by molar-refractivity contribution is -0.384. The van der Waals surface area contributed by atoms with Gasteiger partial charge in [0, 0.05) is 31.0 Å². The first-order valence-corrected chi connectivity index (χ1v) is 8.94. The van der Waals surface area contributed by atoms with Crippen molar-refractivity contribution in [3.8, 4) is 0 Å². The van der Waals surface area contributed by atoms with Crippen molar-refractivity contribution in [2.75, 3.05) is 25.1 Å². The van der Waals surface area contributed by atoms with E-state index in [1.165, 1.54) is 18.4 Å². The van der Waals surface area contributed by atoms with E-state index in [0.717, 1.165) is 25.1 Å². The summed E-state index contributed by atoms with van der Waals surface area (Å²) < 4.78 is 22.7. The van der Waals surface area contributed by atoms with E-state index >= 15 is 0 Å². The fraction of sp³-hybridized carbons (Fsp3) is 0.571. The van der Waals surface area contributed by atoms with E-state index in [1.807, 2.05) is 13.8 Å². The first-order valence-electron chi connectivity index (χ1n) is 6.88. The van der Waals surface area contributed by atoms with Gasteiger partial charge in [-0.1, -0.05) is 19.1 Å². The molecule has 0 heterocycles. The number of hydrogen-bond donors (Lipinski definition) is 0. The zero-order valence-electron chi connectivity index (χ0n) is 12.7. The highest BCUT2D eigenvalue weighted by Gasteiger charge is 2.17.